The summed E-state index contributed by atoms with van der Waals surface area (Å²) < 4.78 is 5.23. The van der Waals surface area contributed by atoms with Crippen molar-refractivity contribution in [2.75, 3.05) is 12.8 Å². The Labute approximate surface area is 174 Å². The monoisotopic (exact) mass is 402 g/mol. The predicted molar refractivity (Wildman–Crippen MR) is 118 cm³/mol. The summed E-state index contributed by atoms with van der Waals surface area (Å²) in [6.07, 6.45) is 6.14. The molecule has 0 aliphatic heterocycles. The van der Waals surface area contributed by atoms with Crippen molar-refractivity contribution < 1.29 is 9.84 Å². The van der Waals surface area contributed by atoms with Gasteiger partial charge in [0, 0.05) is 18.0 Å². The van der Waals surface area contributed by atoms with Crippen molar-refractivity contribution in [3.63, 3.8) is 0 Å². The van der Waals surface area contributed by atoms with Crippen LogP contribution in [0.3, 0.4) is 0 Å². The summed E-state index contributed by atoms with van der Waals surface area (Å²) in [5, 5.41) is 17.0. The lowest BCUT2D eigenvalue weighted by Crippen LogP contribution is -2.41. The fourth-order valence-corrected chi connectivity index (χ4v) is 3.72. The highest BCUT2D eigenvalue weighted by molar-refractivity contribution is 6.05. The van der Waals surface area contributed by atoms with Crippen LogP contribution in [-0.2, 0) is 5.41 Å². The number of ether oxygens (including phenoxy) is 1. The normalized spacial score (nSPS) is 15.3. The van der Waals surface area contributed by atoms with Crippen LogP contribution in [0.15, 0.2) is 65.9 Å². The SMILES string of the molecule is COc1cccc(C([OH2+])=NC(=N)C2(c3ccc(-c4cnc(N)nc4)cc3)CCC2)c1. The Hall–Kier alpha value is -3.74. The number of nitrogens with zero attached hydrogens (tertiary/aromatic N) is 3. The smallest absolute Gasteiger partial charge is 0.366 e. The van der Waals surface area contributed by atoms with Gasteiger partial charge in [-0.25, -0.2) is 9.97 Å². The molecule has 0 radical (unpaired) electrons. The maximum Gasteiger partial charge on any atom is 0.366 e. The Bertz CT molecular complexity index is 1090. The van der Waals surface area contributed by atoms with Crippen LogP contribution in [0.5, 0.6) is 5.75 Å². The molecule has 1 fully saturated rings. The Balaban J connectivity index is 1.60. The molecule has 30 heavy (non-hydrogen) atoms. The van der Waals surface area contributed by atoms with Crippen molar-refractivity contribution in [1.29, 1.82) is 5.41 Å². The molecular weight excluding hydrogens is 378 g/mol. The number of hydrogen-bond acceptors (Lipinski definition) is 5. The number of nitrogens with one attached hydrogen (secondary N) is 1. The lowest BCUT2D eigenvalue weighted by molar-refractivity contribution is 0.336. The molecule has 0 saturated heterocycles. The van der Waals surface area contributed by atoms with Gasteiger partial charge in [-0.05, 0) is 42.2 Å². The number of rotatable bonds is 5. The third kappa shape index (κ3) is 3.61. The molecule has 2 aromatic carbocycles. The minimum absolute atomic E-state index is 0.0702. The molecule has 0 bridgehead atoms. The van der Waals surface area contributed by atoms with Crippen molar-refractivity contribution in [1.82, 2.24) is 9.97 Å². The zero-order chi connectivity index (χ0) is 21.1. The first-order valence-corrected chi connectivity index (χ1v) is 9.74. The molecule has 7 heteroatoms. The van der Waals surface area contributed by atoms with Gasteiger partial charge in [-0.2, -0.15) is 0 Å². The average molecular weight is 402 g/mol. The molecule has 4 rings (SSSR count). The van der Waals surface area contributed by atoms with E-state index in [0.717, 1.165) is 36.0 Å². The molecule has 3 aromatic rings. The van der Waals surface area contributed by atoms with Crippen molar-refractivity contribution in [3.05, 3.63) is 72.1 Å². The number of nitrogen functional groups attached to an aromatic ring is 1. The first-order valence-electron chi connectivity index (χ1n) is 9.74. The van der Waals surface area contributed by atoms with Crippen LogP contribution in [0, 0.1) is 5.41 Å². The third-order valence-electron chi connectivity index (χ3n) is 5.67. The second-order valence-corrected chi connectivity index (χ2v) is 7.38. The van der Waals surface area contributed by atoms with Crippen molar-refractivity contribution >= 4 is 17.7 Å². The number of anilines is 1. The van der Waals surface area contributed by atoms with Gasteiger partial charge >= 0.3 is 5.90 Å². The topological polar surface area (TPSA) is 120 Å². The van der Waals surface area contributed by atoms with E-state index in [1.54, 1.807) is 31.6 Å². The summed E-state index contributed by atoms with van der Waals surface area (Å²) in [5.74, 6) is 1.21. The molecule has 1 heterocycles. The van der Waals surface area contributed by atoms with Crippen LogP contribution in [0.4, 0.5) is 5.95 Å². The first-order chi connectivity index (χ1) is 14.5. The van der Waals surface area contributed by atoms with Gasteiger partial charge in [-0.15, -0.1) is 4.99 Å². The zero-order valence-corrected chi connectivity index (χ0v) is 16.7. The molecule has 152 valence electrons. The van der Waals surface area contributed by atoms with Gasteiger partial charge in [-0.1, -0.05) is 36.8 Å². The number of nitrogens with two attached hydrogens (primary N) is 1. The van der Waals surface area contributed by atoms with Crippen LogP contribution < -0.4 is 10.5 Å². The number of aliphatic imine (C=N–C) groups is 1. The third-order valence-corrected chi connectivity index (χ3v) is 5.67. The molecule has 0 unspecified atom stereocenters. The molecule has 7 nitrogen and oxygen atoms in total. The Morgan fingerprint density at radius 3 is 2.40 bits per heavy atom. The van der Waals surface area contributed by atoms with Crippen molar-refractivity contribution in [3.8, 4) is 16.9 Å². The van der Waals surface area contributed by atoms with Crippen molar-refractivity contribution in [2.45, 2.75) is 24.7 Å². The molecule has 0 amide bonds. The molecule has 1 aromatic heterocycles. The lowest BCUT2D eigenvalue weighted by atomic mass is 9.63. The van der Waals surface area contributed by atoms with Gasteiger partial charge in [-0.3, -0.25) is 5.41 Å². The molecule has 0 spiro atoms. The summed E-state index contributed by atoms with van der Waals surface area (Å²) in [7, 11) is 1.59. The van der Waals surface area contributed by atoms with Crippen LogP contribution in [0.2, 0.25) is 0 Å². The minimum atomic E-state index is -0.443. The van der Waals surface area contributed by atoms with Crippen molar-refractivity contribution in [2.24, 2.45) is 4.99 Å². The largest absolute Gasteiger partial charge is 0.578 e. The molecule has 0 atom stereocenters. The number of benzene rings is 2. The van der Waals surface area contributed by atoms with Crippen LogP contribution in [0.25, 0.3) is 11.1 Å². The van der Waals surface area contributed by atoms with Gasteiger partial charge in [0.1, 0.15) is 11.6 Å². The van der Waals surface area contributed by atoms with Crippen LogP contribution in [0.1, 0.15) is 30.4 Å². The Kier molecular flexibility index (Phi) is 5.18. The summed E-state index contributed by atoms with van der Waals surface area (Å²) in [4.78, 5) is 12.4. The number of amidine groups is 1. The maximum absolute atomic E-state index is 8.68. The van der Waals surface area contributed by atoms with Gasteiger partial charge < -0.3 is 15.6 Å². The van der Waals surface area contributed by atoms with E-state index < -0.39 is 5.41 Å². The minimum Gasteiger partial charge on any atom is -0.578 e. The standard InChI is InChI=1S/C23H23N5O2/c1-30-19-5-2-4-16(12-19)20(29)28-21(24)23(10-3-11-23)18-8-6-15(7-9-18)17-13-26-22(25)27-14-17/h2,4-9,12-14H,3,10-11H2,1H3,(H2,24,28,29)(H2,25,26,27)/p+1. The molecular formula is C23H24N5O2+. The van der Waals surface area contributed by atoms with Crippen LogP contribution in [-0.4, -0.2) is 33.9 Å². The van der Waals surface area contributed by atoms with Gasteiger partial charge in [0.05, 0.1) is 18.1 Å². The highest BCUT2D eigenvalue weighted by Crippen LogP contribution is 2.45. The van der Waals surface area contributed by atoms with E-state index in [1.165, 1.54) is 0 Å². The lowest BCUT2D eigenvalue weighted by Gasteiger charge is -2.41. The van der Waals surface area contributed by atoms with E-state index >= 15 is 0 Å². The van der Waals surface area contributed by atoms with Gasteiger partial charge in [0.2, 0.25) is 5.95 Å². The van der Waals surface area contributed by atoms with E-state index in [-0.39, 0.29) is 17.7 Å². The predicted octanol–water partition coefficient (Wildman–Crippen LogP) is 3.30. The molecule has 1 aliphatic rings. The molecule has 1 aliphatic carbocycles. The van der Waals surface area contributed by atoms with E-state index in [1.807, 2.05) is 36.4 Å². The highest BCUT2D eigenvalue weighted by atomic mass is 16.5. The van der Waals surface area contributed by atoms with E-state index in [2.05, 4.69) is 15.0 Å². The summed E-state index contributed by atoms with van der Waals surface area (Å²) >= 11 is 0. The highest BCUT2D eigenvalue weighted by Gasteiger charge is 2.43. The van der Waals surface area contributed by atoms with Crippen LogP contribution >= 0.6 is 0 Å². The Morgan fingerprint density at radius 1 is 1.10 bits per heavy atom. The average Bonchev–Trinajstić information content (AvgIpc) is 2.74. The van der Waals surface area contributed by atoms with E-state index in [4.69, 9.17) is 21.0 Å². The number of hydrogen-bond donors (Lipinski definition) is 2. The quantitative estimate of drug-likeness (QED) is 0.386. The molecule has 1 saturated carbocycles. The summed E-state index contributed by atoms with van der Waals surface area (Å²) in [6.45, 7) is 0. The summed E-state index contributed by atoms with van der Waals surface area (Å²) in [5.41, 5.74) is 8.67. The number of aromatic nitrogens is 2. The second kappa shape index (κ2) is 7.94. The zero-order valence-electron chi connectivity index (χ0n) is 16.7. The van der Waals surface area contributed by atoms with E-state index in [9.17, 15) is 0 Å². The fourth-order valence-electron chi connectivity index (χ4n) is 3.72. The maximum atomic E-state index is 8.68. The fraction of sp³-hybridized carbons (Fsp3) is 0.217. The molecule has 5 N–H and O–H groups in total. The van der Waals surface area contributed by atoms with Gasteiger partial charge in [0.25, 0.3) is 0 Å². The Morgan fingerprint density at radius 2 is 1.80 bits per heavy atom. The number of methoxy groups -OCH3 is 1. The van der Waals surface area contributed by atoms with Gasteiger partial charge in [0.15, 0.2) is 0 Å². The summed E-state index contributed by atoms with van der Waals surface area (Å²) in [6, 6.07) is 15.3. The van der Waals surface area contributed by atoms with E-state index in [0.29, 0.717) is 11.3 Å². The second-order valence-electron chi connectivity index (χ2n) is 7.38. The first kappa shape index (κ1) is 19.6.